The lowest BCUT2D eigenvalue weighted by atomic mass is 9.88. The van der Waals surface area contributed by atoms with Crippen molar-refractivity contribution >= 4 is 17.5 Å². The molecule has 2 saturated heterocycles. The summed E-state index contributed by atoms with van der Waals surface area (Å²) in [5.41, 5.74) is 4.39. The Morgan fingerprint density at radius 2 is 1.43 bits per heavy atom. The number of alkyl halides is 3. The van der Waals surface area contributed by atoms with E-state index >= 15 is 0 Å². The summed E-state index contributed by atoms with van der Waals surface area (Å²) in [6.07, 6.45) is 1.12. The van der Waals surface area contributed by atoms with Crippen LogP contribution in [0.25, 0.3) is 0 Å². The van der Waals surface area contributed by atoms with E-state index in [4.69, 9.17) is 0 Å². The number of aryl methyl sites for hydroxylation is 2. The average molecular weight is 638 g/mol. The molecule has 0 saturated carbocycles. The largest absolute Gasteiger partial charge is 0.573 e. The molecule has 46 heavy (non-hydrogen) atoms. The quantitative estimate of drug-likeness (QED) is 0.243. The van der Waals surface area contributed by atoms with Gasteiger partial charge >= 0.3 is 6.36 Å². The summed E-state index contributed by atoms with van der Waals surface area (Å²) >= 11 is 0. The summed E-state index contributed by atoms with van der Waals surface area (Å²) in [5, 5.41) is 0. The van der Waals surface area contributed by atoms with Crippen molar-refractivity contribution in [2.24, 2.45) is 11.8 Å². The van der Waals surface area contributed by atoms with Gasteiger partial charge in [-0.05, 0) is 94.8 Å². The fourth-order valence-corrected chi connectivity index (χ4v) is 5.86. The highest BCUT2D eigenvalue weighted by atomic mass is 19.4. The number of likely N-dealkylation sites (tertiary alicyclic amines) is 2. The third-order valence-electron chi connectivity index (χ3n) is 8.47. The molecule has 2 fully saturated rings. The van der Waals surface area contributed by atoms with Crippen molar-refractivity contribution in [3.05, 3.63) is 94.8 Å². The Morgan fingerprint density at radius 3 is 1.98 bits per heavy atom. The summed E-state index contributed by atoms with van der Waals surface area (Å²) in [7, 11) is 0. The van der Waals surface area contributed by atoms with Crippen molar-refractivity contribution in [2.45, 2.75) is 65.8 Å². The minimum absolute atomic E-state index is 0.00253. The first-order valence-electron chi connectivity index (χ1n) is 15.8. The van der Waals surface area contributed by atoms with Crippen molar-refractivity contribution in [1.82, 2.24) is 14.8 Å². The average Bonchev–Trinajstić information content (AvgIpc) is 3.02. The molecule has 0 radical (unpaired) electrons. The van der Waals surface area contributed by atoms with E-state index in [9.17, 15) is 27.6 Å². The molecule has 2 aromatic carbocycles. The number of carbonyl (C=O) groups is 3. The van der Waals surface area contributed by atoms with Crippen LogP contribution in [-0.2, 0) is 11.3 Å². The van der Waals surface area contributed by atoms with Crippen molar-refractivity contribution in [1.29, 1.82) is 0 Å². The highest BCUT2D eigenvalue weighted by Crippen LogP contribution is 2.26. The molecular weight excluding hydrogens is 595 g/mol. The molecule has 1 amide bonds. The number of piperidine rings is 2. The fourth-order valence-electron chi connectivity index (χ4n) is 5.86. The van der Waals surface area contributed by atoms with E-state index in [1.165, 1.54) is 12.1 Å². The molecule has 0 unspecified atom stereocenters. The van der Waals surface area contributed by atoms with Crippen molar-refractivity contribution in [2.75, 3.05) is 26.2 Å². The number of nitrogens with zero attached hydrogens (tertiary/aromatic N) is 3. The van der Waals surface area contributed by atoms with E-state index in [-0.39, 0.29) is 29.1 Å². The molecule has 246 valence electrons. The summed E-state index contributed by atoms with van der Waals surface area (Å²) < 4.78 is 40.1. The molecule has 2 aliphatic rings. The molecule has 2 aliphatic heterocycles. The summed E-state index contributed by atoms with van der Waals surface area (Å²) in [6, 6.07) is 17.4. The maximum absolute atomic E-state index is 12.6. The van der Waals surface area contributed by atoms with Crippen LogP contribution < -0.4 is 4.74 Å². The molecular formula is C36H42F3N3O4. The number of aromatic nitrogens is 1. The number of ether oxygens (including phenoxy) is 1. The first-order chi connectivity index (χ1) is 21.9. The predicted molar refractivity (Wildman–Crippen MR) is 170 cm³/mol. The van der Waals surface area contributed by atoms with Crippen LogP contribution in [0.3, 0.4) is 0 Å². The number of carbonyl (C=O) groups excluding carboxylic acids is 3. The lowest BCUT2D eigenvalue weighted by Crippen LogP contribution is -2.40. The second-order valence-electron chi connectivity index (χ2n) is 12.3. The van der Waals surface area contributed by atoms with Crippen LogP contribution in [0, 0.1) is 25.7 Å². The summed E-state index contributed by atoms with van der Waals surface area (Å²) in [5.74, 6) is 0.654. The van der Waals surface area contributed by atoms with Crippen molar-refractivity contribution < 1.29 is 32.3 Å². The molecule has 0 N–H and O–H groups in total. The first kappa shape index (κ1) is 34.8. The molecule has 3 aromatic rings. The van der Waals surface area contributed by atoms with E-state index in [1.54, 1.807) is 36.2 Å². The molecule has 5 rings (SSSR count). The Hall–Kier alpha value is -4.05. The standard InChI is InChI=1S/C20H22N2O2.C16H20F3NO2/c1-14-3-6-16(7-4-14)19(23)17-9-11-22(12-10-17)20(24)18-8-5-15(2)13-21-18;1-12(21)10-13-6-8-20(9-7-13)11-14-2-4-15(5-3-14)22-16(17,18)19/h3-8,13,17H,9-12H2,1-2H3;2-5,13H,6-11H2,1H3. The number of benzene rings is 2. The van der Waals surface area contributed by atoms with Gasteiger partial charge in [-0.1, -0.05) is 48.0 Å². The maximum atomic E-state index is 12.6. The number of halogens is 3. The van der Waals surface area contributed by atoms with Gasteiger partial charge in [-0.15, -0.1) is 13.2 Å². The number of amides is 1. The Morgan fingerprint density at radius 1 is 0.826 bits per heavy atom. The third kappa shape index (κ3) is 10.8. The van der Waals surface area contributed by atoms with Gasteiger partial charge in [0.2, 0.25) is 0 Å². The highest BCUT2D eigenvalue weighted by Gasteiger charge is 2.31. The number of ketones is 2. The molecule has 0 spiro atoms. The van der Waals surface area contributed by atoms with Crippen molar-refractivity contribution in [3.8, 4) is 5.75 Å². The van der Waals surface area contributed by atoms with E-state index in [0.717, 1.165) is 48.2 Å². The maximum Gasteiger partial charge on any atom is 0.573 e. The lowest BCUT2D eigenvalue weighted by molar-refractivity contribution is -0.274. The SMILES string of the molecule is CC(=O)CC1CCN(Cc2ccc(OC(F)(F)F)cc2)CC1.Cc1ccc(C(=O)C2CCN(C(=O)c3ccc(C)cn3)CC2)cc1. The fraction of sp³-hybridized carbons (Fsp3) is 0.444. The van der Waals surface area contributed by atoms with Gasteiger partial charge in [0, 0.05) is 43.7 Å². The van der Waals surface area contributed by atoms with Gasteiger partial charge < -0.3 is 14.4 Å². The Labute approximate surface area is 268 Å². The molecule has 1 aromatic heterocycles. The van der Waals surface area contributed by atoms with Crippen LogP contribution in [0.4, 0.5) is 13.2 Å². The zero-order chi connectivity index (χ0) is 33.3. The van der Waals surface area contributed by atoms with E-state index in [0.29, 0.717) is 50.5 Å². The molecule has 7 nitrogen and oxygen atoms in total. The van der Waals surface area contributed by atoms with Crippen LogP contribution in [-0.4, -0.2) is 64.8 Å². The topological polar surface area (TPSA) is 79.8 Å². The van der Waals surface area contributed by atoms with Gasteiger partial charge in [0.15, 0.2) is 5.78 Å². The van der Waals surface area contributed by atoms with E-state index in [2.05, 4.69) is 14.6 Å². The van der Waals surface area contributed by atoms with Gasteiger partial charge in [-0.2, -0.15) is 0 Å². The Bertz CT molecular complexity index is 1380. The highest BCUT2D eigenvalue weighted by molar-refractivity contribution is 5.98. The van der Waals surface area contributed by atoms with E-state index in [1.807, 2.05) is 44.2 Å². The molecule has 3 heterocycles. The Kier molecular flexibility index (Phi) is 12.1. The van der Waals surface area contributed by atoms with E-state index < -0.39 is 6.36 Å². The van der Waals surface area contributed by atoms with Crippen LogP contribution in [0.1, 0.15) is 76.6 Å². The van der Waals surface area contributed by atoms with Gasteiger partial charge in [0.1, 0.15) is 17.2 Å². The lowest BCUT2D eigenvalue weighted by Gasteiger charge is -2.31. The third-order valence-corrected chi connectivity index (χ3v) is 8.47. The molecule has 0 bridgehead atoms. The van der Waals surface area contributed by atoms with Crippen LogP contribution >= 0.6 is 0 Å². The minimum Gasteiger partial charge on any atom is -0.406 e. The zero-order valence-electron chi connectivity index (χ0n) is 26.7. The second-order valence-corrected chi connectivity index (χ2v) is 12.3. The zero-order valence-corrected chi connectivity index (χ0v) is 26.7. The molecule has 10 heteroatoms. The number of Topliss-reactive ketones (excluding diaryl/α,β-unsaturated/α-hetero) is 2. The van der Waals surface area contributed by atoms with Gasteiger partial charge in [-0.3, -0.25) is 19.5 Å². The second kappa shape index (κ2) is 16.0. The van der Waals surface area contributed by atoms with Gasteiger partial charge in [0.05, 0.1) is 0 Å². The predicted octanol–water partition coefficient (Wildman–Crippen LogP) is 7.21. The number of rotatable bonds is 8. The van der Waals surface area contributed by atoms with Crippen LogP contribution in [0.15, 0.2) is 66.9 Å². The summed E-state index contributed by atoms with van der Waals surface area (Å²) in [4.78, 5) is 44.4. The van der Waals surface area contributed by atoms with Crippen LogP contribution in [0.2, 0.25) is 0 Å². The number of hydrogen-bond donors (Lipinski definition) is 0. The smallest absolute Gasteiger partial charge is 0.406 e. The number of pyridine rings is 1. The summed E-state index contributed by atoms with van der Waals surface area (Å²) in [6.45, 7) is 9.34. The first-order valence-corrected chi connectivity index (χ1v) is 15.8. The monoisotopic (exact) mass is 637 g/mol. The molecule has 0 aliphatic carbocycles. The van der Waals surface area contributed by atoms with Crippen LogP contribution in [0.5, 0.6) is 5.75 Å². The van der Waals surface area contributed by atoms with Gasteiger partial charge in [0.25, 0.3) is 5.91 Å². The minimum atomic E-state index is -4.65. The number of hydrogen-bond acceptors (Lipinski definition) is 6. The normalized spacial score (nSPS) is 16.3. The Balaban J connectivity index is 0.000000210. The van der Waals surface area contributed by atoms with Crippen molar-refractivity contribution in [3.63, 3.8) is 0 Å². The van der Waals surface area contributed by atoms with Gasteiger partial charge in [-0.25, -0.2) is 0 Å². The molecule has 0 atom stereocenters.